The molecule has 31 heavy (non-hydrogen) atoms. The van der Waals surface area contributed by atoms with E-state index in [1.54, 1.807) is 0 Å². The van der Waals surface area contributed by atoms with Crippen molar-refractivity contribution in [3.8, 4) is 11.4 Å². The van der Waals surface area contributed by atoms with E-state index in [0.717, 1.165) is 36.0 Å². The van der Waals surface area contributed by atoms with Crippen molar-refractivity contribution in [2.24, 2.45) is 11.8 Å². The van der Waals surface area contributed by atoms with Crippen LogP contribution in [0.5, 0.6) is 0 Å². The van der Waals surface area contributed by atoms with E-state index in [4.69, 9.17) is 0 Å². The van der Waals surface area contributed by atoms with E-state index >= 15 is 0 Å². The zero-order valence-electron chi connectivity index (χ0n) is 19.1. The molecule has 0 N–H and O–H groups in total. The lowest BCUT2D eigenvalue weighted by atomic mass is 9.78. The van der Waals surface area contributed by atoms with Gasteiger partial charge in [-0.15, -0.1) is 0 Å². The molecule has 0 spiro atoms. The first kappa shape index (κ1) is 23.8. The Kier molecular flexibility index (Phi) is 9.89. The van der Waals surface area contributed by atoms with E-state index < -0.39 is 11.6 Å². The maximum atomic E-state index is 13.4. The van der Waals surface area contributed by atoms with Gasteiger partial charge in [0.05, 0.1) is 0 Å². The zero-order chi connectivity index (χ0) is 21.9. The normalized spacial score (nSPS) is 18.9. The zero-order valence-corrected chi connectivity index (χ0v) is 19.1. The fourth-order valence-electron chi connectivity index (χ4n) is 4.84. The summed E-state index contributed by atoms with van der Waals surface area (Å²) in [6, 6.07) is 3.78. The molecule has 2 nitrogen and oxygen atoms in total. The van der Waals surface area contributed by atoms with E-state index in [1.165, 1.54) is 89.5 Å². The van der Waals surface area contributed by atoms with Gasteiger partial charge in [0.25, 0.3) is 0 Å². The average molecular weight is 429 g/mol. The van der Waals surface area contributed by atoms with E-state index in [2.05, 4.69) is 16.9 Å². The number of rotatable bonds is 12. The molecule has 1 heterocycles. The first-order chi connectivity index (χ1) is 15.2. The Morgan fingerprint density at radius 1 is 0.774 bits per heavy atom. The van der Waals surface area contributed by atoms with Crippen LogP contribution in [0.15, 0.2) is 30.6 Å². The molecule has 170 valence electrons. The van der Waals surface area contributed by atoms with Crippen molar-refractivity contribution in [3.63, 3.8) is 0 Å². The lowest BCUT2D eigenvalue weighted by Gasteiger charge is -2.28. The summed E-state index contributed by atoms with van der Waals surface area (Å²) in [5.74, 6) is 0.487. The van der Waals surface area contributed by atoms with Crippen molar-refractivity contribution >= 4 is 0 Å². The van der Waals surface area contributed by atoms with Gasteiger partial charge in [-0.1, -0.05) is 84.0 Å². The summed E-state index contributed by atoms with van der Waals surface area (Å²) in [6.07, 6.45) is 22.6. The van der Waals surface area contributed by atoms with Crippen LogP contribution >= 0.6 is 0 Å². The minimum Gasteiger partial charge on any atom is -0.236 e. The third-order valence-corrected chi connectivity index (χ3v) is 6.91. The Balaban J connectivity index is 1.32. The van der Waals surface area contributed by atoms with E-state index in [1.807, 2.05) is 12.4 Å². The van der Waals surface area contributed by atoms with Gasteiger partial charge in [-0.3, -0.25) is 0 Å². The molecule has 1 aliphatic rings. The van der Waals surface area contributed by atoms with Crippen LogP contribution in [0.1, 0.15) is 96.0 Å². The second-order valence-corrected chi connectivity index (χ2v) is 9.38. The van der Waals surface area contributed by atoms with Crippen LogP contribution in [-0.4, -0.2) is 9.97 Å². The molecular weight excluding hydrogens is 390 g/mol. The maximum Gasteiger partial charge on any atom is 0.159 e. The summed E-state index contributed by atoms with van der Waals surface area (Å²) in [4.78, 5) is 8.72. The van der Waals surface area contributed by atoms with Gasteiger partial charge in [0, 0.05) is 18.0 Å². The standard InChI is InChI=1S/C27H38F2N2/c1-2-3-4-5-6-7-8-9-21-10-12-22(13-11-21)14-15-23-19-30-27(31-20-23)24-16-17-25(28)26(29)18-24/h16-22H,2-15H2,1H3. The van der Waals surface area contributed by atoms with Crippen molar-refractivity contribution in [2.45, 2.75) is 96.8 Å². The highest BCUT2D eigenvalue weighted by Gasteiger charge is 2.20. The van der Waals surface area contributed by atoms with Gasteiger partial charge >= 0.3 is 0 Å². The van der Waals surface area contributed by atoms with Gasteiger partial charge in [0.1, 0.15) is 0 Å². The van der Waals surface area contributed by atoms with Gasteiger partial charge in [-0.2, -0.15) is 0 Å². The summed E-state index contributed by atoms with van der Waals surface area (Å²) in [5.41, 5.74) is 1.63. The summed E-state index contributed by atoms with van der Waals surface area (Å²) in [5, 5.41) is 0. The van der Waals surface area contributed by atoms with Gasteiger partial charge in [0.2, 0.25) is 0 Å². The van der Waals surface area contributed by atoms with Crippen LogP contribution in [0, 0.1) is 23.5 Å². The second-order valence-electron chi connectivity index (χ2n) is 9.38. The average Bonchev–Trinajstić information content (AvgIpc) is 2.80. The van der Waals surface area contributed by atoms with Gasteiger partial charge < -0.3 is 0 Å². The van der Waals surface area contributed by atoms with Crippen LogP contribution < -0.4 is 0 Å². The first-order valence-corrected chi connectivity index (χ1v) is 12.4. The van der Waals surface area contributed by atoms with Crippen molar-refractivity contribution in [2.75, 3.05) is 0 Å². The summed E-state index contributed by atoms with van der Waals surface area (Å²) in [6.45, 7) is 2.28. The molecule has 2 aromatic rings. The minimum atomic E-state index is -0.868. The molecule has 4 heteroatoms. The van der Waals surface area contributed by atoms with Crippen molar-refractivity contribution in [1.82, 2.24) is 9.97 Å². The maximum absolute atomic E-state index is 13.4. The molecule has 1 aromatic carbocycles. The Hall–Kier alpha value is -1.84. The van der Waals surface area contributed by atoms with Gasteiger partial charge in [-0.05, 0) is 48.4 Å². The van der Waals surface area contributed by atoms with Crippen molar-refractivity contribution < 1.29 is 8.78 Å². The lowest BCUT2D eigenvalue weighted by Crippen LogP contribution is -2.15. The number of halogens is 2. The molecule has 0 bridgehead atoms. The topological polar surface area (TPSA) is 25.8 Å². The molecule has 1 saturated carbocycles. The van der Waals surface area contributed by atoms with E-state index in [0.29, 0.717) is 11.4 Å². The highest BCUT2D eigenvalue weighted by molar-refractivity contribution is 5.54. The fourth-order valence-corrected chi connectivity index (χ4v) is 4.84. The molecule has 1 fully saturated rings. The van der Waals surface area contributed by atoms with Crippen LogP contribution in [0.25, 0.3) is 11.4 Å². The minimum absolute atomic E-state index is 0.438. The third kappa shape index (κ3) is 7.97. The number of hydrogen-bond donors (Lipinski definition) is 0. The molecular formula is C27H38F2N2. The largest absolute Gasteiger partial charge is 0.236 e. The Labute approximate surface area is 186 Å². The van der Waals surface area contributed by atoms with Crippen LogP contribution in [0.2, 0.25) is 0 Å². The molecule has 0 unspecified atom stereocenters. The van der Waals surface area contributed by atoms with Gasteiger partial charge in [0.15, 0.2) is 17.5 Å². The molecule has 0 saturated heterocycles. The fraction of sp³-hybridized carbons (Fsp3) is 0.630. The van der Waals surface area contributed by atoms with Crippen LogP contribution in [0.4, 0.5) is 8.78 Å². The van der Waals surface area contributed by atoms with Crippen LogP contribution in [0.3, 0.4) is 0 Å². The Morgan fingerprint density at radius 3 is 2.03 bits per heavy atom. The van der Waals surface area contributed by atoms with Crippen LogP contribution in [-0.2, 0) is 6.42 Å². The molecule has 1 aliphatic carbocycles. The highest BCUT2D eigenvalue weighted by atomic mass is 19.2. The van der Waals surface area contributed by atoms with Gasteiger partial charge in [-0.25, -0.2) is 18.7 Å². The monoisotopic (exact) mass is 428 g/mol. The number of nitrogens with zero attached hydrogens (tertiary/aromatic N) is 2. The van der Waals surface area contributed by atoms with E-state index in [9.17, 15) is 8.78 Å². The smallest absolute Gasteiger partial charge is 0.159 e. The molecule has 0 radical (unpaired) electrons. The first-order valence-electron chi connectivity index (χ1n) is 12.4. The number of unbranched alkanes of at least 4 members (excludes halogenated alkanes) is 6. The second kappa shape index (κ2) is 12.9. The van der Waals surface area contributed by atoms with Crippen molar-refractivity contribution in [1.29, 1.82) is 0 Å². The highest BCUT2D eigenvalue weighted by Crippen LogP contribution is 2.34. The van der Waals surface area contributed by atoms with E-state index in [-0.39, 0.29) is 0 Å². The molecule has 0 amide bonds. The lowest BCUT2D eigenvalue weighted by molar-refractivity contribution is 0.248. The van der Waals surface area contributed by atoms with Crippen molar-refractivity contribution in [3.05, 3.63) is 47.8 Å². The Morgan fingerprint density at radius 2 is 1.39 bits per heavy atom. The molecule has 0 atom stereocenters. The predicted octanol–water partition coefficient (Wildman–Crippen LogP) is 8.30. The molecule has 0 aliphatic heterocycles. The third-order valence-electron chi connectivity index (χ3n) is 6.91. The summed E-state index contributed by atoms with van der Waals surface area (Å²) < 4.78 is 26.5. The predicted molar refractivity (Wildman–Crippen MR) is 124 cm³/mol. The quantitative estimate of drug-likeness (QED) is 0.318. The molecule has 3 rings (SSSR count). The number of benzene rings is 1. The Bertz CT molecular complexity index is 767. The SMILES string of the molecule is CCCCCCCCCC1CCC(CCc2cnc(-c3ccc(F)c(F)c3)nc2)CC1. The summed E-state index contributed by atoms with van der Waals surface area (Å²) >= 11 is 0. The molecule has 1 aromatic heterocycles. The number of aromatic nitrogens is 2. The number of hydrogen-bond acceptors (Lipinski definition) is 2. The summed E-state index contributed by atoms with van der Waals surface area (Å²) in [7, 11) is 0. The number of aryl methyl sites for hydroxylation is 1.